The highest BCUT2D eigenvalue weighted by atomic mass is 19.2. The highest BCUT2D eigenvalue weighted by Crippen LogP contribution is 2.33. The molecule has 2 aromatic carbocycles. The number of halogens is 2. The van der Waals surface area contributed by atoms with Crippen molar-refractivity contribution in [1.29, 1.82) is 0 Å². The highest BCUT2D eigenvalue weighted by Gasteiger charge is 2.28. The maximum Gasteiger partial charge on any atom is 0.159 e. The number of fused-ring (bicyclic) bond motifs is 1. The number of nitrogens with zero attached hydrogens (tertiary/aromatic N) is 2. The second-order valence-electron chi connectivity index (χ2n) is 6.69. The van der Waals surface area contributed by atoms with Crippen molar-refractivity contribution in [3.05, 3.63) is 89.2 Å². The van der Waals surface area contributed by atoms with Crippen molar-refractivity contribution < 1.29 is 13.9 Å². The van der Waals surface area contributed by atoms with E-state index in [1.165, 1.54) is 12.1 Å². The fraction of sp³-hybridized carbons (Fsp3) is 0.238. The molecule has 0 saturated heterocycles. The van der Waals surface area contributed by atoms with Gasteiger partial charge in [0, 0.05) is 31.5 Å². The van der Waals surface area contributed by atoms with E-state index in [1.54, 1.807) is 18.2 Å². The smallest absolute Gasteiger partial charge is 0.159 e. The Morgan fingerprint density at radius 2 is 1.77 bits per heavy atom. The maximum absolute atomic E-state index is 13.9. The first kappa shape index (κ1) is 16.8. The molecule has 4 rings (SSSR count). The molecule has 0 amide bonds. The minimum absolute atomic E-state index is 0.156. The van der Waals surface area contributed by atoms with Gasteiger partial charge in [-0.1, -0.05) is 18.2 Å². The summed E-state index contributed by atoms with van der Waals surface area (Å²) in [6, 6.07) is 15.2. The zero-order valence-corrected chi connectivity index (χ0v) is 14.3. The summed E-state index contributed by atoms with van der Waals surface area (Å²) in [5.74, 6) is -1.42. The van der Waals surface area contributed by atoms with Gasteiger partial charge in [-0.25, -0.2) is 8.78 Å². The number of hydrogen-bond acceptors (Lipinski definition) is 2. The predicted molar refractivity (Wildman–Crippen MR) is 95.8 cm³/mol. The number of aromatic nitrogens is 1. The normalized spacial score (nSPS) is 17.7. The average Bonchev–Trinajstić information content (AvgIpc) is 3.01. The number of phenolic OH excluding ortho intramolecular Hbond substituents is 1. The van der Waals surface area contributed by atoms with Crippen molar-refractivity contribution in [1.82, 2.24) is 9.47 Å². The van der Waals surface area contributed by atoms with Crippen molar-refractivity contribution in [2.75, 3.05) is 6.54 Å². The van der Waals surface area contributed by atoms with Crippen molar-refractivity contribution in [3.8, 4) is 5.75 Å². The number of phenols is 1. The molecular weight excluding hydrogens is 334 g/mol. The van der Waals surface area contributed by atoms with Crippen molar-refractivity contribution in [2.45, 2.75) is 25.6 Å². The van der Waals surface area contributed by atoms with Crippen LogP contribution in [0.3, 0.4) is 0 Å². The summed E-state index contributed by atoms with van der Waals surface area (Å²) in [6.07, 6.45) is 3.01. The van der Waals surface area contributed by atoms with E-state index in [4.69, 9.17) is 0 Å². The van der Waals surface area contributed by atoms with Gasteiger partial charge >= 0.3 is 0 Å². The molecule has 1 aromatic heterocycles. The Balaban J connectivity index is 1.75. The molecule has 0 spiro atoms. The Morgan fingerprint density at radius 1 is 0.962 bits per heavy atom. The third-order valence-corrected chi connectivity index (χ3v) is 4.94. The predicted octanol–water partition coefficient (Wildman–Crippen LogP) is 4.47. The monoisotopic (exact) mass is 354 g/mol. The molecule has 134 valence electrons. The molecular formula is C21H20F2N2O. The highest BCUT2D eigenvalue weighted by molar-refractivity contribution is 5.32. The van der Waals surface area contributed by atoms with E-state index in [2.05, 4.69) is 9.47 Å². The van der Waals surface area contributed by atoms with Gasteiger partial charge in [-0.05, 0) is 53.9 Å². The fourth-order valence-corrected chi connectivity index (χ4v) is 3.71. The Labute approximate surface area is 151 Å². The summed E-state index contributed by atoms with van der Waals surface area (Å²) in [5.41, 5.74) is 2.88. The van der Waals surface area contributed by atoms with Gasteiger partial charge in [0.1, 0.15) is 5.75 Å². The molecule has 2 heterocycles. The zero-order valence-electron chi connectivity index (χ0n) is 14.3. The number of aromatic hydroxyl groups is 1. The van der Waals surface area contributed by atoms with Gasteiger partial charge in [-0.3, -0.25) is 4.90 Å². The number of benzene rings is 2. The quantitative estimate of drug-likeness (QED) is 0.752. The molecule has 0 bridgehead atoms. The lowest BCUT2D eigenvalue weighted by Crippen LogP contribution is -2.29. The van der Waals surface area contributed by atoms with Crippen LogP contribution >= 0.6 is 0 Å². The molecule has 0 radical (unpaired) electrons. The largest absolute Gasteiger partial charge is 0.508 e. The second kappa shape index (κ2) is 6.92. The minimum atomic E-state index is -0.831. The van der Waals surface area contributed by atoms with Crippen molar-refractivity contribution in [3.63, 3.8) is 0 Å². The second-order valence-corrected chi connectivity index (χ2v) is 6.69. The van der Waals surface area contributed by atoms with Crippen LogP contribution in [0.15, 0.2) is 60.8 Å². The van der Waals surface area contributed by atoms with Gasteiger partial charge in [0.2, 0.25) is 0 Å². The summed E-state index contributed by atoms with van der Waals surface area (Å²) in [7, 11) is 0. The Bertz CT molecular complexity index is 905. The Hall–Kier alpha value is -2.66. The number of rotatable bonds is 3. The molecule has 1 aliphatic heterocycles. The van der Waals surface area contributed by atoms with Crippen LogP contribution in [0, 0.1) is 11.6 Å². The zero-order chi connectivity index (χ0) is 18.1. The van der Waals surface area contributed by atoms with Gasteiger partial charge in [0.25, 0.3) is 0 Å². The van der Waals surface area contributed by atoms with Gasteiger partial charge < -0.3 is 9.67 Å². The third kappa shape index (κ3) is 3.22. The lowest BCUT2D eigenvalue weighted by Gasteiger charge is -2.30. The molecule has 5 heteroatoms. The lowest BCUT2D eigenvalue weighted by atomic mass is 10.0. The summed E-state index contributed by atoms with van der Waals surface area (Å²) in [4.78, 5) is 2.28. The standard InChI is InChI=1S/C21H20F2N2O/c22-18-9-6-16(13-19(18)23)21-20-3-1-10-24(20)11-2-12-25(21)14-15-4-7-17(26)8-5-15/h1,3-10,13,21,26H,2,11-12,14H2. The third-order valence-electron chi connectivity index (χ3n) is 4.94. The molecule has 0 aliphatic carbocycles. The molecule has 3 nitrogen and oxygen atoms in total. The lowest BCUT2D eigenvalue weighted by molar-refractivity contribution is 0.220. The van der Waals surface area contributed by atoms with Gasteiger partial charge in [0.15, 0.2) is 11.6 Å². The number of hydrogen-bond donors (Lipinski definition) is 1. The fourth-order valence-electron chi connectivity index (χ4n) is 3.71. The summed E-state index contributed by atoms with van der Waals surface area (Å²) in [6.45, 7) is 2.40. The van der Waals surface area contributed by atoms with Crippen LogP contribution in [0.25, 0.3) is 0 Å². The molecule has 1 N–H and O–H groups in total. The first-order chi connectivity index (χ1) is 12.6. The van der Waals surface area contributed by atoms with E-state index in [1.807, 2.05) is 30.5 Å². The van der Waals surface area contributed by atoms with Crippen LogP contribution < -0.4 is 0 Å². The molecule has 3 aromatic rings. The summed E-state index contributed by atoms with van der Waals surface area (Å²) >= 11 is 0. The van der Waals surface area contributed by atoms with Gasteiger partial charge in [-0.15, -0.1) is 0 Å². The van der Waals surface area contributed by atoms with Crippen LogP contribution in [-0.4, -0.2) is 21.1 Å². The van der Waals surface area contributed by atoms with Crippen molar-refractivity contribution in [2.24, 2.45) is 0 Å². The molecule has 1 aliphatic rings. The number of aryl methyl sites for hydroxylation is 1. The summed E-state index contributed by atoms with van der Waals surface area (Å²) in [5, 5.41) is 9.50. The Kier molecular flexibility index (Phi) is 4.47. The van der Waals surface area contributed by atoms with Crippen LogP contribution in [0.1, 0.15) is 29.3 Å². The van der Waals surface area contributed by atoms with Crippen LogP contribution in [0.2, 0.25) is 0 Å². The van der Waals surface area contributed by atoms with Gasteiger partial charge in [-0.2, -0.15) is 0 Å². The van der Waals surface area contributed by atoms with Crippen LogP contribution in [0.5, 0.6) is 5.75 Å². The maximum atomic E-state index is 13.9. The van der Waals surface area contributed by atoms with Crippen molar-refractivity contribution >= 4 is 0 Å². The molecule has 1 atom stereocenters. The minimum Gasteiger partial charge on any atom is -0.508 e. The first-order valence-electron chi connectivity index (χ1n) is 8.74. The molecule has 0 fully saturated rings. The van der Waals surface area contributed by atoms with Gasteiger partial charge in [0.05, 0.1) is 6.04 Å². The summed E-state index contributed by atoms with van der Waals surface area (Å²) < 4.78 is 29.5. The molecule has 0 saturated carbocycles. The first-order valence-corrected chi connectivity index (χ1v) is 8.74. The average molecular weight is 354 g/mol. The van der Waals surface area contributed by atoms with E-state index in [0.717, 1.165) is 36.3 Å². The topological polar surface area (TPSA) is 28.4 Å². The molecule has 1 unspecified atom stereocenters. The SMILES string of the molecule is Oc1ccc(CN2CCCn3cccc3C2c2ccc(F)c(F)c2)cc1. The van der Waals surface area contributed by atoms with E-state index in [-0.39, 0.29) is 11.8 Å². The van der Waals surface area contributed by atoms with E-state index >= 15 is 0 Å². The Morgan fingerprint density at radius 3 is 2.54 bits per heavy atom. The molecule has 26 heavy (non-hydrogen) atoms. The van der Waals surface area contributed by atoms with E-state index in [9.17, 15) is 13.9 Å². The van der Waals surface area contributed by atoms with Crippen LogP contribution in [0.4, 0.5) is 8.78 Å². The van der Waals surface area contributed by atoms with E-state index < -0.39 is 11.6 Å². The van der Waals surface area contributed by atoms with E-state index in [0.29, 0.717) is 6.54 Å². The van der Waals surface area contributed by atoms with Crippen LogP contribution in [-0.2, 0) is 13.1 Å².